The van der Waals surface area contributed by atoms with Crippen molar-refractivity contribution in [2.24, 2.45) is 0 Å². The van der Waals surface area contributed by atoms with Crippen LogP contribution in [-0.2, 0) is 14.3 Å². The molecule has 21 heavy (non-hydrogen) atoms. The van der Waals surface area contributed by atoms with Gasteiger partial charge in [-0.25, -0.2) is 9.59 Å². The molecule has 0 saturated heterocycles. The van der Waals surface area contributed by atoms with Gasteiger partial charge in [-0.05, 0) is 43.2 Å². The second-order valence-electron chi connectivity index (χ2n) is 4.16. The highest BCUT2D eigenvalue weighted by Gasteiger charge is 2.26. The first kappa shape index (κ1) is 17.0. The molecule has 0 saturated carbocycles. The summed E-state index contributed by atoms with van der Waals surface area (Å²) in [5, 5.41) is 3.09. The molecule has 0 radical (unpaired) electrons. The quantitative estimate of drug-likeness (QED) is 0.664. The number of esters is 1. The van der Waals surface area contributed by atoms with Crippen LogP contribution in [0.25, 0.3) is 0 Å². The van der Waals surface area contributed by atoms with Crippen LogP contribution in [0, 0.1) is 0 Å². The largest absolute Gasteiger partial charge is 0.466 e. The second-order valence-corrected chi connectivity index (χ2v) is 4.59. The molecule has 1 amide bonds. The van der Waals surface area contributed by atoms with Crippen molar-refractivity contribution in [1.29, 1.82) is 0 Å². The van der Waals surface area contributed by atoms with Gasteiger partial charge >= 0.3 is 12.1 Å². The number of ether oxygens (including phenoxy) is 2. The van der Waals surface area contributed by atoms with Crippen molar-refractivity contribution < 1.29 is 19.1 Å². The number of amides is 1. The van der Waals surface area contributed by atoms with Gasteiger partial charge in [0, 0.05) is 10.7 Å². The number of anilines is 1. The number of carbonyl (C=O) groups is 2. The van der Waals surface area contributed by atoms with E-state index in [1.165, 1.54) is 7.11 Å². The van der Waals surface area contributed by atoms with Gasteiger partial charge in [-0.1, -0.05) is 24.6 Å². The summed E-state index contributed by atoms with van der Waals surface area (Å²) in [4.78, 5) is 23.6. The second kappa shape index (κ2) is 8.32. The molecule has 0 aromatic heterocycles. The van der Waals surface area contributed by atoms with Gasteiger partial charge in [0.25, 0.3) is 0 Å². The Morgan fingerprint density at radius 2 is 1.95 bits per heavy atom. The first-order valence-electron chi connectivity index (χ1n) is 6.47. The Bertz CT molecular complexity index is 525. The van der Waals surface area contributed by atoms with Crippen molar-refractivity contribution in [2.75, 3.05) is 12.4 Å². The molecule has 0 aliphatic rings. The minimum absolute atomic E-state index is 0.520. The van der Waals surface area contributed by atoms with Gasteiger partial charge in [-0.2, -0.15) is 0 Å². The fourth-order valence-electron chi connectivity index (χ4n) is 1.71. The average molecular weight is 312 g/mol. The molecule has 1 N–H and O–H groups in total. The summed E-state index contributed by atoms with van der Waals surface area (Å²) in [5.41, 5.74) is 1.19. The van der Waals surface area contributed by atoms with Crippen LogP contribution in [0.3, 0.4) is 0 Å². The lowest BCUT2D eigenvalue weighted by Crippen LogP contribution is -2.32. The lowest BCUT2D eigenvalue weighted by molar-refractivity contribution is -0.148. The van der Waals surface area contributed by atoms with Gasteiger partial charge in [0.1, 0.15) is 0 Å². The van der Waals surface area contributed by atoms with E-state index in [-0.39, 0.29) is 0 Å². The molecule has 114 valence electrons. The third-order valence-electron chi connectivity index (χ3n) is 2.85. The van der Waals surface area contributed by atoms with Crippen LogP contribution in [0.5, 0.6) is 0 Å². The van der Waals surface area contributed by atoms with Gasteiger partial charge in [-0.3, -0.25) is 5.32 Å². The smallest absolute Gasteiger partial charge is 0.412 e. The molecule has 5 nitrogen and oxygen atoms in total. The van der Waals surface area contributed by atoms with Crippen molar-refractivity contribution in [1.82, 2.24) is 0 Å². The van der Waals surface area contributed by atoms with Gasteiger partial charge in [0.15, 0.2) is 0 Å². The molecule has 1 atom stereocenters. The number of nitrogens with one attached hydrogen (secondary N) is 1. The van der Waals surface area contributed by atoms with Gasteiger partial charge in [0.2, 0.25) is 6.10 Å². The van der Waals surface area contributed by atoms with Crippen LogP contribution in [0.4, 0.5) is 10.5 Å². The SMILES string of the molecule is CC=C(CC)C(OC(=O)Nc1ccc(Cl)cc1)C(=O)OC. The van der Waals surface area contributed by atoms with Crippen LogP contribution < -0.4 is 5.32 Å². The number of carbonyl (C=O) groups excluding carboxylic acids is 2. The normalized spacial score (nSPS) is 12.5. The average Bonchev–Trinajstić information content (AvgIpc) is 2.49. The lowest BCUT2D eigenvalue weighted by atomic mass is 10.1. The summed E-state index contributed by atoms with van der Waals surface area (Å²) in [6.45, 7) is 3.64. The molecule has 6 heteroatoms. The van der Waals surface area contributed by atoms with E-state index in [0.29, 0.717) is 22.7 Å². The van der Waals surface area contributed by atoms with Crippen LogP contribution in [0.1, 0.15) is 20.3 Å². The number of halogens is 1. The summed E-state index contributed by atoms with van der Waals surface area (Å²) in [6.07, 6.45) is 0.527. The van der Waals surface area contributed by atoms with Crippen molar-refractivity contribution in [3.8, 4) is 0 Å². The van der Waals surface area contributed by atoms with Crippen molar-refractivity contribution in [2.45, 2.75) is 26.4 Å². The fourth-order valence-corrected chi connectivity index (χ4v) is 1.84. The van der Waals surface area contributed by atoms with E-state index in [0.717, 1.165) is 0 Å². The standard InChI is InChI=1S/C15H18ClNO4/c1-4-10(5-2)13(14(18)20-3)21-15(19)17-12-8-6-11(16)7-9-12/h4,6-9,13H,5H2,1-3H3,(H,17,19). The van der Waals surface area contributed by atoms with E-state index < -0.39 is 18.2 Å². The highest BCUT2D eigenvalue weighted by atomic mass is 35.5. The fraction of sp³-hybridized carbons (Fsp3) is 0.333. The molecule has 0 fully saturated rings. The zero-order valence-electron chi connectivity index (χ0n) is 12.2. The van der Waals surface area contributed by atoms with Crippen LogP contribution in [0.2, 0.25) is 5.02 Å². The van der Waals surface area contributed by atoms with E-state index in [2.05, 4.69) is 10.1 Å². The summed E-state index contributed by atoms with van der Waals surface area (Å²) in [5.74, 6) is -0.615. The molecule has 0 aliphatic heterocycles. The Morgan fingerprint density at radius 3 is 2.43 bits per heavy atom. The molecular weight excluding hydrogens is 294 g/mol. The van der Waals surface area contributed by atoms with Crippen LogP contribution in [0.15, 0.2) is 35.9 Å². The number of methoxy groups -OCH3 is 1. The Balaban J connectivity index is 2.76. The summed E-state index contributed by atoms with van der Waals surface area (Å²) < 4.78 is 9.82. The molecule has 1 aromatic carbocycles. The van der Waals surface area contributed by atoms with Crippen molar-refractivity contribution in [3.05, 3.63) is 40.9 Å². The highest BCUT2D eigenvalue weighted by molar-refractivity contribution is 6.30. The maximum atomic E-state index is 11.9. The summed E-state index contributed by atoms with van der Waals surface area (Å²) in [6, 6.07) is 6.54. The van der Waals surface area contributed by atoms with E-state index in [4.69, 9.17) is 16.3 Å². The third-order valence-corrected chi connectivity index (χ3v) is 3.10. The highest BCUT2D eigenvalue weighted by Crippen LogP contribution is 2.16. The number of hydrogen-bond acceptors (Lipinski definition) is 4. The van der Waals surface area contributed by atoms with E-state index in [1.807, 2.05) is 6.92 Å². The van der Waals surface area contributed by atoms with Gasteiger partial charge in [-0.15, -0.1) is 0 Å². The molecule has 1 rings (SSSR count). The Labute approximate surface area is 128 Å². The third kappa shape index (κ3) is 5.11. The predicted octanol–water partition coefficient (Wildman–Crippen LogP) is 3.79. The number of rotatable bonds is 5. The molecule has 0 aliphatic carbocycles. The minimum Gasteiger partial charge on any atom is -0.466 e. The Hall–Kier alpha value is -2.01. The first-order chi connectivity index (χ1) is 10.0. The number of benzene rings is 1. The monoisotopic (exact) mass is 311 g/mol. The van der Waals surface area contributed by atoms with Gasteiger partial charge < -0.3 is 9.47 Å². The Morgan fingerprint density at radius 1 is 1.33 bits per heavy atom. The maximum absolute atomic E-state index is 11.9. The molecular formula is C15H18ClNO4. The summed E-state index contributed by atoms with van der Waals surface area (Å²) in [7, 11) is 1.25. The van der Waals surface area contributed by atoms with Crippen molar-refractivity contribution >= 4 is 29.4 Å². The van der Waals surface area contributed by atoms with Crippen LogP contribution in [-0.4, -0.2) is 25.3 Å². The maximum Gasteiger partial charge on any atom is 0.412 e. The zero-order chi connectivity index (χ0) is 15.8. The molecule has 1 aromatic rings. The summed E-state index contributed by atoms with van der Waals surface area (Å²) >= 11 is 5.76. The molecule has 0 spiro atoms. The molecule has 1 unspecified atom stereocenters. The molecule has 0 heterocycles. The van der Waals surface area contributed by atoms with E-state index >= 15 is 0 Å². The molecule has 0 bridgehead atoms. The van der Waals surface area contributed by atoms with E-state index in [1.54, 1.807) is 37.3 Å². The Kier molecular flexibility index (Phi) is 6.75. The number of hydrogen-bond donors (Lipinski definition) is 1. The lowest BCUT2D eigenvalue weighted by Gasteiger charge is -2.18. The first-order valence-corrected chi connectivity index (χ1v) is 6.85. The topological polar surface area (TPSA) is 64.6 Å². The van der Waals surface area contributed by atoms with Gasteiger partial charge in [0.05, 0.1) is 7.11 Å². The van der Waals surface area contributed by atoms with Crippen LogP contribution >= 0.6 is 11.6 Å². The number of allylic oxidation sites excluding steroid dienone is 1. The predicted molar refractivity (Wildman–Crippen MR) is 81.4 cm³/mol. The minimum atomic E-state index is -1.04. The van der Waals surface area contributed by atoms with E-state index in [9.17, 15) is 9.59 Å². The zero-order valence-corrected chi connectivity index (χ0v) is 12.9. The van der Waals surface area contributed by atoms with Crippen molar-refractivity contribution in [3.63, 3.8) is 0 Å².